The molecule has 1 atom stereocenters. The van der Waals surface area contributed by atoms with Crippen molar-refractivity contribution in [2.75, 3.05) is 45.9 Å². The standard InChI is InChI=1S/C20H35N3O3/c1-2-21(16-19(24)22-11-5-3-4-6-12-22)20(25)18-8-7-13-23(18)17-9-14-26-15-10-17/h17-18H,2-16H2,1H3. The summed E-state index contributed by atoms with van der Waals surface area (Å²) in [6, 6.07) is 0.412. The van der Waals surface area contributed by atoms with Gasteiger partial charge in [-0.15, -0.1) is 0 Å². The molecule has 3 rings (SSSR count). The molecule has 3 fully saturated rings. The Morgan fingerprint density at radius 1 is 0.962 bits per heavy atom. The molecule has 3 aliphatic rings. The quantitative estimate of drug-likeness (QED) is 0.746. The molecule has 26 heavy (non-hydrogen) atoms. The van der Waals surface area contributed by atoms with Gasteiger partial charge in [0.25, 0.3) is 0 Å². The van der Waals surface area contributed by atoms with Gasteiger partial charge < -0.3 is 14.5 Å². The lowest BCUT2D eigenvalue weighted by Crippen LogP contribution is -2.52. The number of likely N-dealkylation sites (tertiary alicyclic amines) is 2. The lowest BCUT2D eigenvalue weighted by Gasteiger charge is -2.37. The topological polar surface area (TPSA) is 53.1 Å². The minimum atomic E-state index is -0.0463. The average Bonchev–Trinajstić information content (AvgIpc) is 3.01. The minimum Gasteiger partial charge on any atom is -0.381 e. The van der Waals surface area contributed by atoms with Gasteiger partial charge in [-0.25, -0.2) is 0 Å². The molecule has 3 saturated heterocycles. The zero-order valence-corrected chi connectivity index (χ0v) is 16.3. The van der Waals surface area contributed by atoms with Crippen molar-refractivity contribution in [2.24, 2.45) is 0 Å². The van der Waals surface area contributed by atoms with Gasteiger partial charge in [0.2, 0.25) is 11.8 Å². The second-order valence-electron chi connectivity index (χ2n) is 7.89. The summed E-state index contributed by atoms with van der Waals surface area (Å²) < 4.78 is 5.48. The van der Waals surface area contributed by atoms with Crippen LogP contribution in [-0.4, -0.2) is 84.5 Å². The molecule has 2 amide bonds. The van der Waals surface area contributed by atoms with Crippen molar-refractivity contribution in [3.63, 3.8) is 0 Å². The summed E-state index contributed by atoms with van der Waals surface area (Å²) in [7, 11) is 0. The van der Waals surface area contributed by atoms with E-state index in [-0.39, 0.29) is 24.4 Å². The molecule has 0 aromatic rings. The molecule has 0 saturated carbocycles. The van der Waals surface area contributed by atoms with Crippen LogP contribution in [0.2, 0.25) is 0 Å². The van der Waals surface area contributed by atoms with Gasteiger partial charge in [0.05, 0.1) is 12.6 Å². The van der Waals surface area contributed by atoms with Crippen molar-refractivity contribution >= 4 is 11.8 Å². The van der Waals surface area contributed by atoms with Crippen LogP contribution >= 0.6 is 0 Å². The number of ether oxygens (including phenoxy) is 1. The molecule has 6 nitrogen and oxygen atoms in total. The maximum absolute atomic E-state index is 13.2. The van der Waals surface area contributed by atoms with Gasteiger partial charge in [0.15, 0.2) is 0 Å². The fourth-order valence-corrected chi connectivity index (χ4v) is 4.65. The molecule has 0 radical (unpaired) electrons. The summed E-state index contributed by atoms with van der Waals surface area (Å²) in [5.41, 5.74) is 0. The van der Waals surface area contributed by atoms with Crippen molar-refractivity contribution in [1.29, 1.82) is 0 Å². The molecule has 0 aromatic carbocycles. The molecule has 1 unspecified atom stereocenters. The van der Waals surface area contributed by atoms with Crippen molar-refractivity contribution in [3.8, 4) is 0 Å². The van der Waals surface area contributed by atoms with Gasteiger partial charge in [-0.3, -0.25) is 14.5 Å². The Bertz CT molecular complexity index is 471. The number of carbonyl (C=O) groups excluding carboxylic acids is 2. The summed E-state index contributed by atoms with van der Waals surface area (Å²) in [6.07, 6.45) is 8.63. The average molecular weight is 366 g/mol. The maximum Gasteiger partial charge on any atom is 0.242 e. The lowest BCUT2D eigenvalue weighted by atomic mass is 10.1. The van der Waals surface area contributed by atoms with Gasteiger partial charge in [-0.05, 0) is 52.0 Å². The zero-order valence-electron chi connectivity index (χ0n) is 16.3. The maximum atomic E-state index is 13.2. The highest BCUT2D eigenvalue weighted by Crippen LogP contribution is 2.26. The van der Waals surface area contributed by atoms with Crippen LogP contribution in [0.1, 0.15) is 58.3 Å². The van der Waals surface area contributed by atoms with Crippen molar-refractivity contribution in [1.82, 2.24) is 14.7 Å². The Morgan fingerprint density at radius 3 is 2.31 bits per heavy atom. The van der Waals surface area contributed by atoms with Gasteiger partial charge in [0, 0.05) is 38.9 Å². The second kappa shape index (κ2) is 9.70. The first-order valence-corrected chi connectivity index (χ1v) is 10.6. The van der Waals surface area contributed by atoms with E-state index in [2.05, 4.69) is 4.90 Å². The molecule has 0 spiro atoms. The monoisotopic (exact) mass is 365 g/mol. The highest BCUT2D eigenvalue weighted by molar-refractivity contribution is 5.87. The molecule has 0 bridgehead atoms. The highest BCUT2D eigenvalue weighted by atomic mass is 16.5. The Morgan fingerprint density at radius 2 is 1.65 bits per heavy atom. The van der Waals surface area contributed by atoms with Crippen LogP contribution in [0.5, 0.6) is 0 Å². The van der Waals surface area contributed by atoms with Crippen LogP contribution in [0.4, 0.5) is 0 Å². The summed E-state index contributed by atoms with van der Waals surface area (Å²) in [4.78, 5) is 32.1. The van der Waals surface area contributed by atoms with Crippen molar-refractivity contribution < 1.29 is 14.3 Å². The number of hydrogen-bond donors (Lipinski definition) is 0. The summed E-state index contributed by atoms with van der Waals surface area (Å²) in [5, 5.41) is 0. The third-order valence-electron chi connectivity index (χ3n) is 6.22. The summed E-state index contributed by atoms with van der Waals surface area (Å²) >= 11 is 0. The minimum absolute atomic E-state index is 0.0463. The van der Waals surface area contributed by atoms with E-state index in [4.69, 9.17) is 4.74 Å². The third kappa shape index (κ3) is 4.77. The highest BCUT2D eigenvalue weighted by Gasteiger charge is 2.38. The number of likely N-dealkylation sites (N-methyl/N-ethyl adjacent to an activating group) is 1. The van der Waals surface area contributed by atoms with Gasteiger partial charge in [-0.2, -0.15) is 0 Å². The smallest absolute Gasteiger partial charge is 0.242 e. The lowest BCUT2D eigenvalue weighted by molar-refractivity contribution is -0.144. The van der Waals surface area contributed by atoms with E-state index in [0.717, 1.165) is 71.4 Å². The number of carbonyl (C=O) groups is 2. The van der Waals surface area contributed by atoms with E-state index in [1.165, 1.54) is 12.8 Å². The number of rotatable bonds is 5. The van der Waals surface area contributed by atoms with Crippen LogP contribution in [0, 0.1) is 0 Å². The largest absolute Gasteiger partial charge is 0.381 e. The fourth-order valence-electron chi connectivity index (χ4n) is 4.65. The summed E-state index contributed by atoms with van der Waals surface area (Å²) in [6.45, 7) is 7.13. The van der Waals surface area contributed by atoms with Crippen LogP contribution in [0.15, 0.2) is 0 Å². The Balaban J connectivity index is 1.59. The predicted molar refractivity (Wildman–Crippen MR) is 101 cm³/mol. The van der Waals surface area contributed by atoms with Gasteiger partial charge >= 0.3 is 0 Å². The molecular formula is C20H35N3O3. The first-order chi connectivity index (χ1) is 12.7. The second-order valence-corrected chi connectivity index (χ2v) is 7.89. The number of amides is 2. The van der Waals surface area contributed by atoms with Crippen molar-refractivity contribution in [3.05, 3.63) is 0 Å². The Labute approximate surface area is 157 Å². The van der Waals surface area contributed by atoms with Gasteiger partial charge in [-0.1, -0.05) is 12.8 Å². The van der Waals surface area contributed by atoms with E-state index < -0.39 is 0 Å². The summed E-state index contributed by atoms with van der Waals surface area (Å²) in [5.74, 6) is 0.275. The molecule has 0 N–H and O–H groups in total. The number of hydrogen-bond acceptors (Lipinski definition) is 4. The van der Waals surface area contributed by atoms with Crippen molar-refractivity contribution in [2.45, 2.75) is 70.4 Å². The molecule has 0 aromatic heterocycles. The van der Waals surface area contributed by atoms with E-state index in [9.17, 15) is 9.59 Å². The predicted octanol–water partition coefficient (Wildman–Crippen LogP) is 1.88. The molecule has 148 valence electrons. The zero-order chi connectivity index (χ0) is 18.4. The third-order valence-corrected chi connectivity index (χ3v) is 6.22. The first-order valence-electron chi connectivity index (χ1n) is 10.6. The van der Waals surface area contributed by atoms with E-state index >= 15 is 0 Å². The van der Waals surface area contributed by atoms with E-state index in [0.29, 0.717) is 12.6 Å². The number of nitrogens with zero attached hydrogens (tertiary/aromatic N) is 3. The normalized spacial score (nSPS) is 25.9. The SMILES string of the molecule is CCN(CC(=O)N1CCCCCC1)C(=O)C1CCCN1C1CCOCC1. The molecule has 6 heteroatoms. The van der Waals surface area contributed by atoms with Crippen LogP contribution < -0.4 is 0 Å². The fraction of sp³-hybridized carbons (Fsp3) is 0.900. The van der Waals surface area contributed by atoms with Crippen LogP contribution in [0.3, 0.4) is 0 Å². The molecule has 0 aliphatic carbocycles. The Hall–Kier alpha value is -1.14. The van der Waals surface area contributed by atoms with Gasteiger partial charge in [0.1, 0.15) is 0 Å². The molecular weight excluding hydrogens is 330 g/mol. The van der Waals surface area contributed by atoms with E-state index in [1.807, 2.05) is 11.8 Å². The van der Waals surface area contributed by atoms with Crippen LogP contribution in [-0.2, 0) is 14.3 Å². The van der Waals surface area contributed by atoms with E-state index in [1.54, 1.807) is 4.90 Å². The first kappa shape index (κ1) is 19.6. The molecule has 3 aliphatic heterocycles. The Kier molecular flexibility index (Phi) is 7.32. The molecule has 3 heterocycles. The van der Waals surface area contributed by atoms with Crippen LogP contribution in [0.25, 0.3) is 0 Å².